The minimum Gasteiger partial charge on any atom is -0.376 e. The molecule has 2 N–H and O–H groups in total. The van der Waals surface area contributed by atoms with Crippen molar-refractivity contribution in [3.05, 3.63) is 35.9 Å². The lowest BCUT2D eigenvalue weighted by atomic mass is 9.94. The highest BCUT2D eigenvalue weighted by molar-refractivity contribution is 5.88. The molecule has 102 valence electrons. The van der Waals surface area contributed by atoms with Crippen molar-refractivity contribution < 1.29 is 14.3 Å². The highest BCUT2D eigenvalue weighted by Gasteiger charge is 2.44. The fourth-order valence-electron chi connectivity index (χ4n) is 2.50. The molecular formula is C14H18N2O3. The van der Waals surface area contributed by atoms with Gasteiger partial charge in [-0.3, -0.25) is 10.1 Å². The predicted octanol–water partition coefficient (Wildman–Crippen LogP) is 0.233. The quantitative estimate of drug-likeness (QED) is 0.761. The molecular weight excluding hydrogens is 244 g/mol. The minimum atomic E-state index is -0.734. The maximum absolute atomic E-state index is 12.4. The summed E-state index contributed by atoms with van der Waals surface area (Å²) in [7, 11) is 0. The van der Waals surface area contributed by atoms with Gasteiger partial charge in [0.15, 0.2) is 0 Å². The molecule has 1 spiro atoms. The molecule has 1 aromatic carbocycles. The Labute approximate surface area is 112 Å². The molecule has 2 saturated heterocycles. The third-order valence-electron chi connectivity index (χ3n) is 3.66. The van der Waals surface area contributed by atoms with E-state index in [0.717, 1.165) is 5.56 Å². The van der Waals surface area contributed by atoms with Crippen molar-refractivity contribution in [2.75, 3.05) is 33.0 Å². The van der Waals surface area contributed by atoms with Gasteiger partial charge in [-0.1, -0.05) is 30.3 Å². The summed E-state index contributed by atoms with van der Waals surface area (Å²) < 4.78 is 10.9. The third-order valence-corrected chi connectivity index (χ3v) is 3.66. The van der Waals surface area contributed by atoms with E-state index < -0.39 is 5.54 Å². The molecule has 0 radical (unpaired) electrons. The van der Waals surface area contributed by atoms with Gasteiger partial charge in [0.2, 0.25) is 5.91 Å². The van der Waals surface area contributed by atoms with Crippen molar-refractivity contribution in [3.63, 3.8) is 0 Å². The predicted molar refractivity (Wildman–Crippen MR) is 69.7 cm³/mol. The molecule has 1 atom stereocenters. The molecule has 0 bridgehead atoms. The Balaban J connectivity index is 1.73. The van der Waals surface area contributed by atoms with Gasteiger partial charge in [0.1, 0.15) is 5.54 Å². The molecule has 0 saturated carbocycles. The van der Waals surface area contributed by atoms with E-state index in [1.165, 1.54) is 0 Å². The Hall–Kier alpha value is -1.43. The summed E-state index contributed by atoms with van der Waals surface area (Å²) in [5.41, 5.74) is 0.371. The van der Waals surface area contributed by atoms with Crippen LogP contribution in [-0.4, -0.2) is 44.4 Å². The van der Waals surface area contributed by atoms with Crippen LogP contribution < -0.4 is 10.6 Å². The van der Waals surface area contributed by atoms with E-state index in [0.29, 0.717) is 33.0 Å². The van der Waals surface area contributed by atoms with Crippen molar-refractivity contribution in [3.8, 4) is 0 Å². The number of benzene rings is 1. The summed E-state index contributed by atoms with van der Waals surface area (Å²) in [5, 5.41) is 6.37. The lowest BCUT2D eigenvalue weighted by Crippen LogP contribution is -2.68. The van der Waals surface area contributed by atoms with Crippen LogP contribution in [0, 0.1) is 0 Å². The molecule has 0 aromatic heterocycles. The van der Waals surface area contributed by atoms with Crippen molar-refractivity contribution in [2.45, 2.75) is 11.6 Å². The average Bonchev–Trinajstić information content (AvgIpc) is 2.70. The van der Waals surface area contributed by atoms with Crippen LogP contribution in [0.2, 0.25) is 0 Å². The monoisotopic (exact) mass is 262 g/mol. The van der Waals surface area contributed by atoms with E-state index in [1.807, 2.05) is 30.3 Å². The van der Waals surface area contributed by atoms with Crippen LogP contribution in [0.15, 0.2) is 30.3 Å². The standard InChI is InChI=1S/C14H18N2O3/c17-13-14(9-18-6-7-19-10-14)15-8-12(16-13)11-4-2-1-3-5-11/h1-5,12,15H,6-10H2,(H,16,17)/t12-/m0/s1. The molecule has 3 rings (SSSR count). The van der Waals surface area contributed by atoms with Crippen molar-refractivity contribution in [1.29, 1.82) is 0 Å². The van der Waals surface area contributed by atoms with E-state index in [9.17, 15) is 4.79 Å². The van der Waals surface area contributed by atoms with Gasteiger partial charge < -0.3 is 14.8 Å². The summed E-state index contributed by atoms with van der Waals surface area (Å²) in [5.74, 6) is -0.0468. The number of amides is 1. The summed E-state index contributed by atoms with van der Waals surface area (Å²) in [6.45, 7) is 2.49. The molecule has 5 nitrogen and oxygen atoms in total. The van der Waals surface area contributed by atoms with Crippen molar-refractivity contribution in [2.24, 2.45) is 0 Å². The molecule has 2 aliphatic rings. The van der Waals surface area contributed by atoms with Gasteiger partial charge in [0, 0.05) is 6.54 Å². The van der Waals surface area contributed by atoms with E-state index >= 15 is 0 Å². The maximum atomic E-state index is 12.4. The van der Waals surface area contributed by atoms with Crippen LogP contribution in [0.4, 0.5) is 0 Å². The topological polar surface area (TPSA) is 59.6 Å². The molecule has 5 heteroatoms. The average molecular weight is 262 g/mol. The zero-order chi connectivity index (χ0) is 13.1. The summed E-state index contributed by atoms with van der Waals surface area (Å²) in [6.07, 6.45) is 0. The highest BCUT2D eigenvalue weighted by atomic mass is 16.5. The van der Waals surface area contributed by atoms with Crippen molar-refractivity contribution >= 4 is 5.91 Å². The minimum absolute atomic E-state index is 0.00239. The summed E-state index contributed by atoms with van der Waals surface area (Å²) in [6, 6.07) is 9.96. The molecule has 19 heavy (non-hydrogen) atoms. The normalized spacial score (nSPS) is 26.7. The van der Waals surface area contributed by atoms with Crippen LogP contribution >= 0.6 is 0 Å². The van der Waals surface area contributed by atoms with Gasteiger partial charge in [-0.2, -0.15) is 0 Å². The number of ether oxygens (including phenoxy) is 2. The zero-order valence-electron chi connectivity index (χ0n) is 10.7. The van der Waals surface area contributed by atoms with Gasteiger partial charge in [0.05, 0.1) is 32.5 Å². The maximum Gasteiger partial charge on any atom is 0.245 e. The first-order chi connectivity index (χ1) is 9.30. The fraction of sp³-hybridized carbons (Fsp3) is 0.500. The molecule has 2 fully saturated rings. The van der Waals surface area contributed by atoms with Crippen LogP contribution in [0.3, 0.4) is 0 Å². The van der Waals surface area contributed by atoms with E-state index in [1.54, 1.807) is 0 Å². The third kappa shape index (κ3) is 2.49. The molecule has 0 unspecified atom stereocenters. The molecule has 0 aliphatic carbocycles. The van der Waals surface area contributed by atoms with E-state index in [4.69, 9.17) is 9.47 Å². The Kier molecular flexibility index (Phi) is 3.50. The second-order valence-electron chi connectivity index (χ2n) is 5.00. The van der Waals surface area contributed by atoms with Crippen LogP contribution in [-0.2, 0) is 14.3 Å². The first-order valence-electron chi connectivity index (χ1n) is 6.57. The summed E-state index contributed by atoms with van der Waals surface area (Å²) in [4.78, 5) is 12.4. The first kappa shape index (κ1) is 12.6. The smallest absolute Gasteiger partial charge is 0.245 e. The highest BCUT2D eigenvalue weighted by Crippen LogP contribution is 2.21. The number of carbonyl (C=O) groups excluding carboxylic acids is 1. The number of nitrogens with one attached hydrogen (secondary N) is 2. The second kappa shape index (κ2) is 5.28. The Morgan fingerprint density at radius 1 is 1.11 bits per heavy atom. The molecule has 1 amide bonds. The van der Waals surface area contributed by atoms with Gasteiger partial charge in [-0.25, -0.2) is 0 Å². The first-order valence-corrected chi connectivity index (χ1v) is 6.57. The number of carbonyl (C=O) groups is 1. The number of rotatable bonds is 1. The lowest BCUT2D eigenvalue weighted by Gasteiger charge is -2.39. The Morgan fingerprint density at radius 3 is 2.42 bits per heavy atom. The van der Waals surface area contributed by atoms with Crippen LogP contribution in [0.25, 0.3) is 0 Å². The Bertz CT molecular complexity index is 441. The van der Waals surface area contributed by atoms with Gasteiger partial charge in [-0.05, 0) is 5.56 Å². The van der Waals surface area contributed by atoms with E-state index in [-0.39, 0.29) is 11.9 Å². The largest absolute Gasteiger partial charge is 0.376 e. The zero-order valence-corrected chi connectivity index (χ0v) is 10.7. The van der Waals surface area contributed by atoms with Crippen molar-refractivity contribution in [1.82, 2.24) is 10.6 Å². The molecule has 2 aliphatic heterocycles. The SMILES string of the molecule is O=C1N[C@H](c2ccccc2)CNC12COCCOC2. The number of hydrogen-bond acceptors (Lipinski definition) is 4. The number of piperazine rings is 1. The Morgan fingerprint density at radius 2 is 1.79 bits per heavy atom. The van der Waals surface area contributed by atoms with Crippen LogP contribution in [0.5, 0.6) is 0 Å². The van der Waals surface area contributed by atoms with Gasteiger partial charge >= 0.3 is 0 Å². The van der Waals surface area contributed by atoms with E-state index in [2.05, 4.69) is 10.6 Å². The molecule has 1 aromatic rings. The van der Waals surface area contributed by atoms with Gasteiger partial charge in [-0.15, -0.1) is 0 Å². The summed E-state index contributed by atoms with van der Waals surface area (Å²) >= 11 is 0. The second-order valence-corrected chi connectivity index (χ2v) is 5.00. The number of hydrogen-bond donors (Lipinski definition) is 2. The fourth-order valence-corrected chi connectivity index (χ4v) is 2.50. The lowest BCUT2D eigenvalue weighted by molar-refractivity contribution is -0.134. The van der Waals surface area contributed by atoms with Gasteiger partial charge in [0.25, 0.3) is 0 Å². The van der Waals surface area contributed by atoms with Crippen LogP contribution in [0.1, 0.15) is 11.6 Å². The molecule has 2 heterocycles.